The van der Waals surface area contributed by atoms with Crippen LogP contribution in [0.5, 0.6) is 0 Å². The van der Waals surface area contributed by atoms with Crippen LogP contribution < -0.4 is 5.73 Å². The van der Waals surface area contributed by atoms with E-state index in [2.05, 4.69) is 44.6 Å². The molecule has 393 valence electrons. The third-order valence-corrected chi connectivity index (χ3v) is 15.0. The molecule has 2 saturated heterocycles. The predicted octanol–water partition coefficient (Wildman–Crippen LogP) is 11.7. The summed E-state index contributed by atoms with van der Waals surface area (Å²) in [5.41, 5.74) is 6.82. The number of esters is 1. The summed E-state index contributed by atoms with van der Waals surface area (Å²) in [5.74, 6) is -0.809. The Balaban J connectivity index is 0.000000340. The summed E-state index contributed by atoms with van der Waals surface area (Å²) in [4.78, 5) is 49.7. The van der Waals surface area contributed by atoms with Crippen LogP contribution in [0.3, 0.4) is 0 Å². The summed E-state index contributed by atoms with van der Waals surface area (Å²) in [7, 11) is 1.19. The van der Waals surface area contributed by atoms with E-state index >= 15 is 0 Å². The Morgan fingerprint density at radius 3 is 1.89 bits per heavy atom. The summed E-state index contributed by atoms with van der Waals surface area (Å²) in [5, 5.41) is 11.1. The number of carbonyl (C=O) groups excluding carboxylic acids is 4. The molecular formula is C58H86AcNO11-. The Hall–Kier alpha value is -3.05. The number of aliphatic hydroxyl groups is 1. The normalized spacial score (nSPS) is 25.1. The fraction of sp³-hybridized carbons (Fsp3) is 0.638. The Morgan fingerprint density at radius 1 is 0.831 bits per heavy atom. The Kier molecular flexibility index (Phi) is 28.9. The molecule has 0 aromatic heterocycles. The van der Waals surface area contributed by atoms with Crippen LogP contribution >= 0.6 is 0 Å². The summed E-state index contributed by atoms with van der Waals surface area (Å²) in [6.45, 7) is 15.3. The molecule has 5 aliphatic rings. The fourth-order valence-electron chi connectivity index (χ4n) is 10.4. The zero-order valence-electron chi connectivity index (χ0n) is 44.1. The molecule has 3 aliphatic carbocycles. The first-order valence-electron chi connectivity index (χ1n) is 26.2. The van der Waals surface area contributed by atoms with E-state index in [1.54, 1.807) is 30.7 Å². The van der Waals surface area contributed by atoms with Crippen molar-refractivity contribution in [3.05, 3.63) is 102 Å². The number of nitrogens with two attached hydrogens (primary N) is 1. The maximum atomic E-state index is 13.9. The largest absolute Gasteiger partial charge is 0.508 e. The van der Waals surface area contributed by atoms with Gasteiger partial charge in [0.05, 0.1) is 51.0 Å². The quantitative estimate of drug-likeness (QED) is 0.0594. The molecular weight excluding hydrogens is 1110 g/mol. The van der Waals surface area contributed by atoms with Gasteiger partial charge in [-0.2, -0.15) is 17.6 Å². The molecule has 2 aliphatic heterocycles. The number of Topliss-reactive ketones (excluding diaryl/α,β-unsaturated/α-hetero) is 1. The minimum Gasteiger partial charge on any atom is -0.474 e. The van der Waals surface area contributed by atoms with Crippen molar-refractivity contribution in [3.8, 4) is 0 Å². The van der Waals surface area contributed by atoms with Crippen molar-refractivity contribution in [1.82, 2.24) is 0 Å². The molecule has 13 heteroatoms. The first-order chi connectivity index (χ1) is 33.7. The van der Waals surface area contributed by atoms with Gasteiger partial charge in [-0.1, -0.05) is 153 Å². The molecule has 8 atom stereocenters. The van der Waals surface area contributed by atoms with Gasteiger partial charge in [0.1, 0.15) is 6.79 Å². The molecule has 0 spiro atoms. The van der Waals surface area contributed by atoms with Gasteiger partial charge in [0.15, 0.2) is 0 Å². The van der Waals surface area contributed by atoms with Crippen molar-refractivity contribution in [3.63, 3.8) is 0 Å². The number of unbranched alkanes of at least 4 members (excludes halogenated alkanes) is 11. The van der Waals surface area contributed by atoms with Crippen LogP contribution in [-0.2, 0) is 44.4 Å². The Morgan fingerprint density at radius 2 is 1.39 bits per heavy atom. The van der Waals surface area contributed by atoms with E-state index < -0.39 is 35.9 Å². The van der Waals surface area contributed by atoms with Gasteiger partial charge in [-0.05, 0) is 73.5 Å². The smallest absolute Gasteiger partial charge is 0.474 e. The van der Waals surface area contributed by atoms with E-state index in [-0.39, 0.29) is 91.4 Å². The minimum absolute atomic E-state index is 0. The second-order valence-corrected chi connectivity index (χ2v) is 20.2. The number of fused-ring (bicyclic) bond motifs is 5. The number of primary amides is 1. The van der Waals surface area contributed by atoms with Crippen LogP contribution in [0.15, 0.2) is 84.0 Å². The van der Waals surface area contributed by atoms with E-state index in [4.69, 9.17) is 29.4 Å². The number of carbonyl (C=O) groups is 4. The van der Waals surface area contributed by atoms with E-state index in [0.29, 0.717) is 31.8 Å². The molecule has 7 unspecified atom stereocenters. The van der Waals surface area contributed by atoms with Crippen molar-refractivity contribution in [2.75, 3.05) is 33.7 Å². The molecule has 7 rings (SSSR count). The van der Waals surface area contributed by atoms with Crippen LogP contribution in [0.25, 0.3) is 0 Å². The number of rotatable bonds is 19. The first kappa shape index (κ1) is 62.2. The SMILES string of the molecule is C1COCO1.CCCCCCC/C=C\CCCCCCCC.COC(=O)OC(Cc1ccccc1)C(=O)O[C@H]1CC2CC3C4COC4CC(O)C3(C)C(=O)[CH-]C(=C1C)C2(C)C.NC(=O)c1ccccc1.[Ac]. The molecule has 4 fully saturated rings. The average molecular weight is 1200 g/mol. The van der Waals surface area contributed by atoms with Crippen LogP contribution in [-0.4, -0.2) is 87.1 Å². The van der Waals surface area contributed by atoms with Crippen LogP contribution in [0.1, 0.15) is 160 Å². The monoisotopic (exact) mass is 1200 g/mol. The first-order valence-corrected chi connectivity index (χ1v) is 26.2. The van der Waals surface area contributed by atoms with Crippen LogP contribution in [0.4, 0.5) is 4.79 Å². The fourth-order valence-corrected chi connectivity index (χ4v) is 10.4. The summed E-state index contributed by atoms with van der Waals surface area (Å²) >= 11 is 0. The van der Waals surface area contributed by atoms with Gasteiger partial charge in [-0.3, -0.25) is 4.79 Å². The van der Waals surface area contributed by atoms with Gasteiger partial charge in [0.2, 0.25) is 12.0 Å². The summed E-state index contributed by atoms with van der Waals surface area (Å²) in [6.07, 6.45) is 23.1. The third-order valence-electron chi connectivity index (χ3n) is 15.0. The zero-order valence-corrected chi connectivity index (χ0v) is 48.8. The Labute approximate surface area is 461 Å². The van der Waals surface area contributed by atoms with Gasteiger partial charge in [-0.25, -0.2) is 9.59 Å². The average Bonchev–Trinajstić information content (AvgIpc) is 3.95. The zero-order chi connectivity index (χ0) is 50.9. The second kappa shape index (κ2) is 33.0. The molecule has 2 bridgehead atoms. The Bertz CT molecular complexity index is 1930. The van der Waals surface area contributed by atoms with Crippen LogP contribution in [0, 0.1) is 79.1 Å². The number of aliphatic hydroxyl groups excluding tert-OH is 1. The molecule has 1 radical (unpaired) electrons. The number of allylic oxidation sites excluding steroid dienone is 3. The van der Waals surface area contributed by atoms with E-state index in [9.17, 15) is 24.3 Å². The minimum atomic E-state index is -1.17. The number of benzene rings is 2. The van der Waals surface area contributed by atoms with Gasteiger partial charge in [0.25, 0.3) is 0 Å². The molecule has 2 aromatic rings. The number of amides is 1. The van der Waals surface area contributed by atoms with Crippen molar-refractivity contribution < 1.29 is 96.8 Å². The number of hydrogen-bond donors (Lipinski definition) is 2. The number of ketones is 1. The standard InChI is InChI=1S/C31H39O8.C17H34.C7H7NO.C3H6O2.Ac/c1-17-21-14-26(32)31(4)22(20-16-37-24(20)15-27(31)33)12-19(30(21,2)3)13-23(17)38-28(34)25(39-29(35)36-5)11-18-9-7-6-8-10-18;1-3-5-7-9-11-13-15-17-16-14-12-10-8-6-4-2;8-7(9)6-4-2-1-3-5-6;1-2-5-3-4-1;/h6-10,14,19-20,22-25,27,33H,11-13,15-16H2,1-5H3;15,17H,3-14,16H2,1-2H3;1-5H,(H2,8,9);1-3H2;/q-1;;;;/b;17-15-;;;/t19?,20?,22?,23-,24?,25?,27?,31?;;;;/m0..../s1. The molecule has 1 amide bonds. The number of ether oxygens (including phenoxy) is 6. The number of methoxy groups -OCH3 is 1. The summed E-state index contributed by atoms with van der Waals surface area (Å²) < 4.78 is 31.2. The van der Waals surface area contributed by atoms with Gasteiger partial charge in [0, 0.05) is 73.8 Å². The molecule has 2 aromatic carbocycles. The molecule has 12 nitrogen and oxygen atoms in total. The maximum absolute atomic E-state index is 13.9. The van der Waals surface area contributed by atoms with Gasteiger partial charge < -0.3 is 44.1 Å². The number of hydrogen-bond acceptors (Lipinski definition) is 11. The topological polar surface area (TPSA) is 170 Å². The predicted molar refractivity (Wildman–Crippen MR) is 274 cm³/mol. The van der Waals surface area contributed by atoms with Gasteiger partial charge in [-0.15, -0.1) is 6.92 Å². The maximum Gasteiger partial charge on any atom is 0.508 e. The van der Waals surface area contributed by atoms with Crippen molar-refractivity contribution in [1.29, 1.82) is 0 Å². The molecule has 3 N–H and O–H groups in total. The molecule has 2 heterocycles. The van der Waals surface area contributed by atoms with Crippen molar-refractivity contribution in [2.24, 2.45) is 34.3 Å². The van der Waals surface area contributed by atoms with Crippen molar-refractivity contribution >= 4 is 23.8 Å². The molecule has 71 heavy (non-hydrogen) atoms. The molecule has 2 saturated carbocycles. The van der Waals surface area contributed by atoms with E-state index in [1.165, 1.54) is 90.6 Å². The van der Waals surface area contributed by atoms with Gasteiger partial charge >= 0.3 is 12.1 Å². The summed E-state index contributed by atoms with van der Waals surface area (Å²) in [6, 6.07) is 18.0. The second-order valence-electron chi connectivity index (χ2n) is 20.2. The van der Waals surface area contributed by atoms with E-state index in [0.717, 1.165) is 36.3 Å². The van der Waals surface area contributed by atoms with E-state index in [1.807, 2.05) is 50.2 Å². The van der Waals surface area contributed by atoms with Crippen LogP contribution in [0.2, 0.25) is 0 Å². The third kappa shape index (κ3) is 19.3. The van der Waals surface area contributed by atoms with Crippen molar-refractivity contribution in [2.45, 2.75) is 175 Å².